The predicted molar refractivity (Wildman–Crippen MR) is 63.9 cm³/mol. The summed E-state index contributed by atoms with van der Waals surface area (Å²) in [6, 6.07) is 0.409. The molecular weight excluding hydrogens is 200 g/mol. The van der Waals surface area contributed by atoms with Crippen LogP contribution in [-0.4, -0.2) is 20.8 Å². The molecular formula is C12H22N4. The van der Waals surface area contributed by atoms with Crippen molar-refractivity contribution in [1.29, 1.82) is 0 Å². The van der Waals surface area contributed by atoms with Crippen molar-refractivity contribution in [2.75, 3.05) is 0 Å². The average Bonchev–Trinajstić information content (AvgIpc) is 2.77. The molecule has 1 heterocycles. The van der Waals surface area contributed by atoms with Crippen molar-refractivity contribution in [3.63, 3.8) is 0 Å². The number of nitrogens with zero attached hydrogens (tertiary/aromatic N) is 3. The molecule has 0 radical (unpaired) electrons. The number of hydrogen-bond acceptors (Lipinski definition) is 3. The summed E-state index contributed by atoms with van der Waals surface area (Å²) < 4.78 is 2.05. The van der Waals surface area contributed by atoms with Gasteiger partial charge in [-0.15, -0.1) is 0 Å². The SMILES string of the molecule is CC(C)Cn1ncnc1CC1CCC(N)C1. The van der Waals surface area contributed by atoms with E-state index in [0.717, 1.165) is 25.2 Å². The number of nitrogens with two attached hydrogens (primary N) is 1. The van der Waals surface area contributed by atoms with Crippen LogP contribution in [0.5, 0.6) is 0 Å². The summed E-state index contributed by atoms with van der Waals surface area (Å²) in [5.41, 5.74) is 5.93. The molecule has 1 fully saturated rings. The molecule has 4 heteroatoms. The number of aromatic nitrogens is 3. The lowest BCUT2D eigenvalue weighted by molar-refractivity contribution is 0.439. The van der Waals surface area contributed by atoms with Crippen LogP contribution in [-0.2, 0) is 13.0 Å². The van der Waals surface area contributed by atoms with Crippen molar-refractivity contribution in [1.82, 2.24) is 14.8 Å². The molecule has 16 heavy (non-hydrogen) atoms. The highest BCUT2D eigenvalue weighted by atomic mass is 15.3. The average molecular weight is 222 g/mol. The van der Waals surface area contributed by atoms with Gasteiger partial charge in [-0.1, -0.05) is 13.8 Å². The highest BCUT2D eigenvalue weighted by Crippen LogP contribution is 2.26. The van der Waals surface area contributed by atoms with Gasteiger partial charge in [0.15, 0.2) is 0 Å². The molecule has 1 aromatic rings. The Morgan fingerprint density at radius 1 is 1.50 bits per heavy atom. The molecule has 4 nitrogen and oxygen atoms in total. The van der Waals surface area contributed by atoms with Gasteiger partial charge in [0, 0.05) is 19.0 Å². The van der Waals surface area contributed by atoms with E-state index in [2.05, 4.69) is 28.6 Å². The lowest BCUT2D eigenvalue weighted by Gasteiger charge is -2.11. The molecule has 0 amide bonds. The molecule has 0 aliphatic heterocycles. The molecule has 2 atom stereocenters. The van der Waals surface area contributed by atoms with Gasteiger partial charge in [0.1, 0.15) is 12.2 Å². The molecule has 1 aliphatic carbocycles. The third kappa shape index (κ3) is 2.82. The van der Waals surface area contributed by atoms with Crippen LogP contribution in [0.2, 0.25) is 0 Å². The minimum atomic E-state index is 0.409. The number of rotatable bonds is 4. The van der Waals surface area contributed by atoms with Crippen LogP contribution in [0.25, 0.3) is 0 Å². The van der Waals surface area contributed by atoms with E-state index in [1.54, 1.807) is 6.33 Å². The predicted octanol–water partition coefficient (Wildman–Crippen LogP) is 1.60. The summed E-state index contributed by atoms with van der Waals surface area (Å²) >= 11 is 0. The lowest BCUT2D eigenvalue weighted by Crippen LogP contribution is -2.17. The van der Waals surface area contributed by atoms with Gasteiger partial charge in [-0.2, -0.15) is 5.10 Å². The second-order valence-electron chi connectivity index (χ2n) is 5.40. The normalized spacial score (nSPS) is 25.5. The van der Waals surface area contributed by atoms with E-state index in [0.29, 0.717) is 17.9 Å². The van der Waals surface area contributed by atoms with Gasteiger partial charge in [-0.05, 0) is 31.1 Å². The van der Waals surface area contributed by atoms with Crippen LogP contribution in [0.4, 0.5) is 0 Å². The van der Waals surface area contributed by atoms with Crippen LogP contribution < -0.4 is 5.73 Å². The summed E-state index contributed by atoms with van der Waals surface area (Å²) in [7, 11) is 0. The van der Waals surface area contributed by atoms with Crippen LogP contribution >= 0.6 is 0 Å². The Morgan fingerprint density at radius 2 is 2.31 bits per heavy atom. The van der Waals surface area contributed by atoms with Crippen molar-refractivity contribution < 1.29 is 0 Å². The fraction of sp³-hybridized carbons (Fsp3) is 0.833. The summed E-state index contributed by atoms with van der Waals surface area (Å²) in [5.74, 6) is 2.46. The van der Waals surface area contributed by atoms with Gasteiger partial charge in [0.2, 0.25) is 0 Å². The monoisotopic (exact) mass is 222 g/mol. The van der Waals surface area contributed by atoms with Crippen molar-refractivity contribution in [3.8, 4) is 0 Å². The molecule has 2 N–H and O–H groups in total. The van der Waals surface area contributed by atoms with Crippen LogP contribution in [0.3, 0.4) is 0 Å². The smallest absolute Gasteiger partial charge is 0.138 e. The van der Waals surface area contributed by atoms with Gasteiger partial charge in [0.05, 0.1) is 0 Å². The van der Waals surface area contributed by atoms with Crippen molar-refractivity contribution in [3.05, 3.63) is 12.2 Å². The Balaban J connectivity index is 1.96. The fourth-order valence-electron chi connectivity index (χ4n) is 2.50. The lowest BCUT2D eigenvalue weighted by atomic mass is 10.0. The quantitative estimate of drug-likeness (QED) is 0.842. The molecule has 0 bridgehead atoms. The Morgan fingerprint density at radius 3 is 2.94 bits per heavy atom. The Kier molecular flexibility index (Phi) is 3.59. The standard InChI is InChI=1S/C12H22N4/c1-9(2)7-16-12(14-8-15-16)6-10-3-4-11(13)5-10/h8-11H,3-7,13H2,1-2H3. The second-order valence-corrected chi connectivity index (χ2v) is 5.40. The van der Waals surface area contributed by atoms with Gasteiger partial charge in [-0.25, -0.2) is 9.67 Å². The molecule has 2 rings (SSSR count). The molecule has 0 saturated heterocycles. The Bertz CT molecular complexity index is 332. The van der Waals surface area contributed by atoms with Gasteiger partial charge in [-0.3, -0.25) is 0 Å². The van der Waals surface area contributed by atoms with E-state index >= 15 is 0 Å². The molecule has 1 aromatic heterocycles. The maximum absolute atomic E-state index is 5.93. The summed E-state index contributed by atoms with van der Waals surface area (Å²) in [6.07, 6.45) is 6.28. The Labute approximate surface area is 97.2 Å². The Hall–Kier alpha value is -0.900. The van der Waals surface area contributed by atoms with Gasteiger partial charge in [0.25, 0.3) is 0 Å². The highest BCUT2D eigenvalue weighted by molar-refractivity contribution is 4.91. The van der Waals surface area contributed by atoms with Crippen molar-refractivity contribution in [2.24, 2.45) is 17.6 Å². The van der Waals surface area contributed by atoms with Gasteiger partial charge < -0.3 is 5.73 Å². The minimum absolute atomic E-state index is 0.409. The van der Waals surface area contributed by atoms with Crippen LogP contribution in [0.1, 0.15) is 38.9 Å². The van der Waals surface area contributed by atoms with E-state index in [9.17, 15) is 0 Å². The first-order valence-corrected chi connectivity index (χ1v) is 6.27. The van der Waals surface area contributed by atoms with E-state index < -0.39 is 0 Å². The molecule has 0 spiro atoms. The molecule has 0 aromatic carbocycles. The first kappa shape index (κ1) is 11.6. The zero-order chi connectivity index (χ0) is 11.5. The highest BCUT2D eigenvalue weighted by Gasteiger charge is 2.23. The molecule has 2 unspecified atom stereocenters. The fourth-order valence-corrected chi connectivity index (χ4v) is 2.50. The zero-order valence-corrected chi connectivity index (χ0v) is 10.3. The van der Waals surface area contributed by atoms with E-state index in [1.165, 1.54) is 12.8 Å². The molecule has 1 aliphatic rings. The first-order valence-electron chi connectivity index (χ1n) is 6.27. The first-order chi connectivity index (χ1) is 7.65. The second kappa shape index (κ2) is 4.95. The van der Waals surface area contributed by atoms with Gasteiger partial charge >= 0.3 is 0 Å². The minimum Gasteiger partial charge on any atom is -0.328 e. The maximum atomic E-state index is 5.93. The molecule has 90 valence electrons. The van der Waals surface area contributed by atoms with E-state index in [1.807, 2.05) is 0 Å². The topological polar surface area (TPSA) is 56.7 Å². The summed E-state index contributed by atoms with van der Waals surface area (Å²) in [4.78, 5) is 4.37. The van der Waals surface area contributed by atoms with E-state index in [4.69, 9.17) is 5.73 Å². The van der Waals surface area contributed by atoms with Crippen LogP contribution in [0, 0.1) is 11.8 Å². The zero-order valence-electron chi connectivity index (χ0n) is 10.3. The van der Waals surface area contributed by atoms with E-state index in [-0.39, 0.29) is 0 Å². The third-order valence-electron chi connectivity index (χ3n) is 3.29. The molecule has 1 saturated carbocycles. The summed E-state index contributed by atoms with van der Waals surface area (Å²) in [5, 5.41) is 4.29. The summed E-state index contributed by atoms with van der Waals surface area (Å²) in [6.45, 7) is 5.38. The van der Waals surface area contributed by atoms with Crippen molar-refractivity contribution in [2.45, 2.75) is 52.1 Å². The maximum Gasteiger partial charge on any atom is 0.138 e. The van der Waals surface area contributed by atoms with Crippen molar-refractivity contribution >= 4 is 0 Å². The van der Waals surface area contributed by atoms with Crippen LogP contribution in [0.15, 0.2) is 6.33 Å². The third-order valence-corrected chi connectivity index (χ3v) is 3.29. The number of hydrogen-bond donors (Lipinski definition) is 1. The largest absolute Gasteiger partial charge is 0.328 e.